The molecule has 2 unspecified atom stereocenters. The van der Waals surface area contributed by atoms with Crippen LogP contribution < -0.4 is 10.6 Å². The first-order chi connectivity index (χ1) is 12.3. The minimum atomic E-state index is 0.313. The molecular weight excluding hydrogens is 336 g/mol. The van der Waals surface area contributed by atoms with Crippen LogP contribution in [0.15, 0.2) is 17.1 Å². The lowest BCUT2D eigenvalue weighted by atomic mass is 10.2. The first-order valence-electron chi connectivity index (χ1n) is 9.20. The van der Waals surface area contributed by atoms with Gasteiger partial charge < -0.3 is 20.1 Å². The van der Waals surface area contributed by atoms with Gasteiger partial charge >= 0.3 is 0 Å². The van der Waals surface area contributed by atoms with E-state index in [1.165, 1.54) is 9.75 Å². The van der Waals surface area contributed by atoms with E-state index in [1.807, 2.05) is 18.4 Å². The Kier molecular flexibility index (Phi) is 7.10. The van der Waals surface area contributed by atoms with Crippen molar-refractivity contribution < 1.29 is 9.47 Å². The number of hydrogen-bond acceptors (Lipinski definition) is 5. The number of thiophene rings is 1. The van der Waals surface area contributed by atoms with Gasteiger partial charge in [-0.1, -0.05) is 0 Å². The summed E-state index contributed by atoms with van der Waals surface area (Å²) < 4.78 is 11.2. The third-order valence-electron chi connectivity index (χ3n) is 4.78. The Labute approximate surface area is 154 Å². The highest BCUT2D eigenvalue weighted by molar-refractivity contribution is 7.12. The smallest absolute Gasteiger partial charge is 0.191 e. The number of morpholine rings is 1. The van der Waals surface area contributed by atoms with Crippen molar-refractivity contribution in [2.24, 2.45) is 4.99 Å². The van der Waals surface area contributed by atoms with Gasteiger partial charge in [0.25, 0.3) is 0 Å². The molecule has 1 aromatic heterocycles. The Hall–Kier alpha value is -1.15. The molecule has 2 fully saturated rings. The zero-order valence-corrected chi connectivity index (χ0v) is 16.1. The highest BCUT2D eigenvalue weighted by atomic mass is 32.1. The number of nitrogens with zero attached hydrogens (tertiary/aromatic N) is 2. The summed E-state index contributed by atoms with van der Waals surface area (Å²) in [5.41, 5.74) is 0. The van der Waals surface area contributed by atoms with Gasteiger partial charge in [-0.05, 0) is 31.9 Å². The minimum absolute atomic E-state index is 0.313. The zero-order chi connectivity index (χ0) is 17.5. The second-order valence-electron chi connectivity index (χ2n) is 6.58. The van der Waals surface area contributed by atoms with E-state index in [2.05, 4.69) is 39.6 Å². The quantitative estimate of drug-likeness (QED) is 0.594. The van der Waals surface area contributed by atoms with Gasteiger partial charge in [0, 0.05) is 49.6 Å². The van der Waals surface area contributed by atoms with E-state index >= 15 is 0 Å². The second kappa shape index (κ2) is 9.52. The topological polar surface area (TPSA) is 58.1 Å². The van der Waals surface area contributed by atoms with E-state index < -0.39 is 0 Å². The SMILES string of the molecule is CN=C(NCC1CCCO1)NCC(c1ccc(C)s1)N1CCOCC1. The molecule has 0 aliphatic carbocycles. The Bertz CT molecular complexity index is 551. The van der Waals surface area contributed by atoms with E-state index in [4.69, 9.17) is 9.47 Å². The van der Waals surface area contributed by atoms with Gasteiger partial charge in [-0.3, -0.25) is 9.89 Å². The molecule has 2 aliphatic heterocycles. The monoisotopic (exact) mass is 366 g/mol. The predicted octanol–water partition coefficient (Wildman–Crippen LogP) is 1.77. The summed E-state index contributed by atoms with van der Waals surface area (Å²) in [6.45, 7) is 8.29. The average Bonchev–Trinajstić information content (AvgIpc) is 3.30. The molecule has 0 radical (unpaired) electrons. The molecule has 2 atom stereocenters. The molecule has 0 bridgehead atoms. The molecule has 0 aromatic carbocycles. The van der Waals surface area contributed by atoms with E-state index in [1.54, 1.807) is 0 Å². The molecule has 140 valence electrons. The lowest BCUT2D eigenvalue weighted by Crippen LogP contribution is -2.47. The highest BCUT2D eigenvalue weighted by Gasteiger charge is 2.24. The summed E-state index contributed by atoms with van der Waals surface area (Å²) in [5.74, 6) is 0.849. The number of aryl methyl sites for hydroxylation is 1. The van der Waals surface area contributed by atoms with Crippen LogP contribution in [0.2, 0.25) is 0 Å². The summed E-state index contributed by atoms with van der Waals surface area (Å²) in [7, 11) is 1.82. The van der Waals surface area contributed by atoms with Gasteiger partial charge in [0.05, 0.1) is 25.4 Å². The number of hydrogen-bond donors (Lipinski definition) is 2. The molecule has 0 saturated carbocycles. The summed E-state index contributed by atoms with van der Waals surface area (Å²) >= 11 is 1.88. The van der Waals surface area contributed by atoms with Crippen LogP contribution in [0.25, 0.3) is 0 Å². The molecular formula is C18H30N4O2S. The van der Waals surface area contributed by atoms with Gasteiger partial charge in [-0.2, -0.15) is 0 Å². The molecule has 0 spiro atoms. The molecule has 2 saturated heterocycles. The maximum absolute atomic E-state index is 5.67. The van der Waals surface area contributed by atoms with Crippen molar-refractivity contribution in [1.82, 2.24) is 15.5 Å². The fourth-order valence-electron chi connectivity index (χ4n) is 3.36. The summed E-state index contributed by atoms with van der Waals surface area (Å²) in [6.07, 6.45) is 2.61. The first kappa shape index (κ1) is 18.6. The van der Waals surface area contributed by atoms with Gasteiger partial charge in [0.1, 0.15) is 0 Å². The third kappa shape index (κ3) is 5.41. The van der Waals surface area contributed by atoms with Crippen molar-refractivity contribution >= 4 is 17.3 Å². The Morgan fingerprint density at radius 3 is 2.80 bits per heavy atom. The van der Waals surface area contributed by atoms with Crippen molar-refractivity contribution in [2.45, 2.75) is 31.9 Å². The van der Waals surface area contributed by atoms with Crippen molar-refractivity contribution in [2.75, 3.05) is 53.0 Å². The molecule has 25 heavy (non-hydrogen) atoms. The van der Waals surface area contributed by atoms with Crippen molar-refractivity contribution in [3.8, 4) is 0 Å². The van der Waals surface area contributed by atoms with Crippen LogP contribution in [0.4, 0.5) is 0 Å². The third-order valence-corrected chi connectivity index (χ3v) is 5.89. The normalized spacial score (nSPS) is 23.6. The standard InChI is InChI=1S/C18H30N4O2S/c1-14-5-6-17(25-14)16(22-7-10-23-11-8-22)13-21-18(19-2)20-12-15-4-3-9-24-15/h5-6,15-16H,3-4,7-13H2,1-2H3,(H2,19,20,21). The molecule has 3 heterocycles. The lowest BCUT2D eigenvalue weighted by molar-refractivity contribution is 0.0177. The highest BCUT2D eigenvalue weighted by Crippen LogP contribution is 2.27. The van der Waals surface area contributed by atoms with Crippen molar-refractivity contribution in [3.05, 3.63) is 21.9 Å². The number of aliphatic imine (C=N–C) groups is 1. The van der Waals surface area contributed by atoms with Crippen LogP contribution in [0, 0.1) is 6.92 Å². The molecule has 7 heteroatoms. The van der Waals surface area contributed by atoms with Crippen molar-refractivity contribution in [1.29, 1.82) is 0 Å². The van der Waals surface area contributed by atoms with Crippen LogP contribution >= 0.6 is 11.3 Å². The summed E-state index contributed by atoms with van der Waals surface area (Å²) in [6, 6.07) is 4.81. The van der Waals surface area contributed by atoms with Crippen LogP contribution in [0.5, 0.6) is 0 Å². The largest absolute Gasteiger partial charge is 0.379 e. The predicted molar refractivity (Wildman–Crippen MR) is 103 cm³/mol. The maximum Gasteiger partial charge on any atom is 0.191 e. The van der Waals surface area contributed by atoms with Crippen LogP contribution in [0.3, 0.4) is 0 Å². The maximum atomic E-state index is 5.67. The Balaban J connectivity index is 1.56. The van der Waals surface area contributed by atoms with Crippen molar-refractivity contribution in [3.63, 3.8) is 0 Å². The van der Waals surface area contributed by atoms with Crippen LogP contribution in [-0.4, -0.2) is 70.0 Å². The number of rotatable bonds is 6. The fraction of sp³-hybridized carbons (Fsp3) is 0.722. The van der Waals surface area contributed by atoms with E-state index in [0.717, 1.165) is 64.8 Å². The van der Waals surface area contributed by atoms with Crippen LogP contribution in [-0.2, 0) is 9.47 Å². The molecule has 2 aliphatic rings. The average molecular weight is 367 g/mol. The van der Waals surface area contributed by atoms with E-state index in [9.17, 15) is 0 Å². The summed E-state index contributed by atoms with van der Waals surface area (Å²) in [4.78, 5) is 9.63. The Morgan fingerprint density at radius 1 is 1.32 bits per heavy atom. The minimum Gasteiger partial charge on any atom is -0.379 e. The first-order valence-corrected chi connectivity index (χ1v) is 10.0. The van der Waals surface area contributed by atoms with E-state index in [-0.39, 0.29) is 0 Å². The summed E-state index contributed by atoms with van der Waals surface area (Å²) in [5, 5.41) is 6.91. The Morgan fingerprint density at radius 2 is 2.16 bits per heavy atom. The van der Waals surface area contributed by atoms with Gasteiger partial charge in [-0.15, -0.1) is 11.3 Å². The molecule has 6 nitrogen and oxygen atoms in total. The van der Waals surface area contributed by atoms with Gasteiger partial charge in [0.2, 0.25) is 0 Å². The molecule has 0 amide bonds. The number of ether oxygens (including phenoxy) is 2. The molecule has 2 N–H and O–H groups in total. The van der Waals surface area contributed by atoms with E-state index in [0.29, 0.717) is 12.1 Å². The lowest BCUT2D eigenvalue weighted by Gasteiger charge is -2.34. The number of nitrogens with one attached hydrogen (secondary N) is 2. The number of guanidine groups is 1. The van der Waals surface area contributed by atoms with Crippen LogP contribution in [0.1, 0.15) is 28.6 Å². The second-order valence-corrected chi connectivity index (χ2v) is 7.90. The molecule has 3 rings (SSSR count). The molecule has 1 aromatic rings. The van der Waals surface area contributed by atoms with Gasteiger partial charge in [0.15, 0.2) is 5.96 Å². The fourth-order valence-corrected chi connectivity index (χ4v) is 4.37. The van der Waals surface area contributed by atoms with Gasteiger partial charge in [-0.25, -0.2) is 0 Å². The zero-order valence-electron chi connectivity index (χ0n) is 15.3.